The molecule has 0 saturated carbocycles. The molecule has 0 N–H and O–H groups in total. The van der Waals surface area contributed by atoms with E-state index in [-0.39, 0.29) is 5.78 Å². The number of carbonyl (C=O) groups is 1. The Morgan fingerprint density at radius 2 is 2.00 bits per heavy atom. The number of hydrogen-bond acceptors (Lipinski definition) is 3. The molecule has 0 aliphatic heterocycles. The van der Waals surface area contributed by atoms with E-state index >= 15 is 0 Å². The number of thioether (sulfide) groups is 1. The van der Waals surface area contributed by atoms with Gasteiger partial charge in [-0.1, -0.05) is 22.0 Å². The molecule has 0 spiro atoms. The Labute approximate surface area is 133 Å². The number of Topliss-reactive ketones (excluding diaryl/α,β-unsaturated/α-hetero) is 1. The van der Waals surface area contributed by atoms with Gasteiger partial charge in [-0.3, -0.25) is 9.78 Å². The third kappa shape index (κ3) is 5.09. The highest BCUT2D eigenvalue weighted by molar-refractivity contribution is 9.10. The van der Waals surface area contributed by atoms with Crippen LogP contribution in [0.15, 0.2) is 56.6 Å². The predicted molar refractivity (Wildman–Crippen MR) is 85.5 cm³/mol. The molecule has 1 aromatic carbocycles. The summed E-state index contributed by atoms with van der Waals surface area (Å²) < 4.78 is 1.93. The lowest BCUT2D eigenvalue weighted by Gasteiger charge is -2.03. The number of rotatable bonds is 5. The molecule has 0 aliphatic rings. The first-order valence-electron chi connectivity index (χ1n) is 5.63. The molecule has 0 bridgehead atoms. The van der Waals surface area contributed by atoms with Crippen LogP contribution >= 0.6 is 43.6 Å². The minimum Gasteiger partial charge on any atom is -0.298 e. The van der Waals surface area contributed by atoms with E-state index in [1.807, 2.05) is 30.3 Å². The Balaban J connectivity index is 1.88. The normalized spacial score (nSPS) is 10.4. The first kappa shape index (κ1) is 14.8. The SMILES string of the molecule is O=C(CSc1cccc(Br)c1)Cc1cncc(Br)c1. The molecule has 0 aliphatic carbocycles. The van der Waals surface area contributed by atoms with Gasteiger partial charge in [0.1, 0.15) is 5.78 Å². The predicted octanol–water partition coefficient (Wildman–Crippen LogP) is 4.51. The van der Waals surface area contributed by atoms with E-state index in [4.69, 9.17) is 0 Å². The third-order valence-corrected chi connectivity index (χ3v) is 4.34. The number of nitrogens with zero attached hydrogens (tertiary/aromatic N) is 1. The summed E-state index contributed by atoms with van der Waals surface area (Å²) >= 11 is 8.33. The lowest BCUT2D eigenvalue weighted by Crippen LogP contribution is -2.05. The molecule has 98 valence electrons. The summed E-state index contributed by atoms with van der Waals surface area (Å²) in [5, 5.41) is 0. The number of benzene rings is 1. The second-order valence-corrected chi connectivity index (χ2v) is 6.85. The summed E-state index contributed by atoms with van der Waals surface area (Å²) in [7, 11) is 0. The summed E-state index contributed by atoms with van der Waals surface area (Å²) in [5.41, 5.74) is 0.939. The number of ketones is 1. The van der Waals surface area contributed by atoms with Crippen molar-refractivity contribution >= 4 is 49.4 Å². The lowest BCUT2D eigenvalue weighted by atomic mass is 10.2. The molecule has 0 fully saturated rings. The fraction of sp³-hybridized carbons (Fsp3) is 0.143. The van der Waals surface area contributed by atoms with Crippen LogP contribution in [0.4, 0.5) is 0 Å². The highest BCUT2D eigenvalue weighted by Crippen LogP contribution is 2.22. The van der Waals surface area contributed by atoms with Crippen molar-refractivity contribution in [2.24, 2.45) is 0 Å². The molecule has 1 aromatic heterocycles. The summed E-state index contributed by atoms with van der Waals surface area (Å²) in [6, 6.07) is 9.88. The molecule has 0 saturated heterocycles. The molecule has 5 heteroatoms. The fourth-order valence-electron chi connectivity index (χ4n) is 1.55. The minimum atomic E-state index is 0.199. The molecular weight excluding hydrogens is 390 g/mol. The molecule has 0 radical (unpaired) electrons. The van der Waals surface area contributed by atoms with Crippen molar-refractivity contribution in [3.05, 3.63) is 57.2 Å². The zero-order valence-corrected chi connectivity index (χ0v) is 14.0. The molecule has 2 aromatic rings. The summed E-state index contributed by atoms with van der Waals surface area (Å²) in [4.78, 5) is 17.1. The third-order valence-electron chi connectivity index (χ3n) is 2.36. The minimum absolute atomic E-state index is 0.199. The number of carbonyl (C=O) groups excluding carboxylic acids is 1. The van der Waals surface area contributed by atoms with Gasteiger partial charge < -0.3 is 0 Å². The standard InChI is InChI=1S/C14H11Br2NOS/c15-11-2-1-3-14(6-11)19-9-13(18)5-10-4-12(16)8-17-7-10/h1-4,6-8H,5,9H2. The van der Waals surface area contributed by atoms with E-state index in [1.54, 1.807) is 24.2 Å². The summed E-state index contributed by atoms with van der Waals surface area (Å²) in [6.07, 6.45) is 3.87. The quantitative estimate of drug-likeness (QED) is 0.691. The van der Waals surface area contributed by atoms with Crippen molar-refractivity contribution in [2.45, 2.75) is 11.3 Å². The molecule has 2 nitrogen and oxygen atoms in total. The van der Waals surface area contributed by atoms with Gasteiger partial charge >= 0.3 is 0 Å². The van der Waals surface area contributed by atoms with Crippen LogP contribution in [0.25, 0.3) is 0 Å². The molecule has 1 heterocycles. The van der Waals surface area contributed by atoms with Crippen molar-refractivity contribution in [3.63, 3.8) is 0 Å². The highest BCUT2D eigenvalue weighted by Gasteiger charge is 2.06. The zero-order chi connectivity index (χ0) is 13.7. The van der Waals surface area contributed by atoms with Crippen molar-refractivity contribution in [1.82, 2.24) is 4.98 Å². The van der Waals surface area contributed by atoms with Crippen LogP contribution < -0.4 is 0 Å². The maximum atomic E-state index is 11.9. The molecule has 19 heavy (non-hydrogen) atoms. The van der Waals surface area contributed by atoms with E-state index in [1.165, 1.54) is 0 Å². The van der Waals surface area contributed by atoms with Gasteiger partial charge in [0.05, 0.1) is 5.75 Å². The largest absolute Gasteiger partial charge is 0.298 e. The van der Waals surface area contributed by atoms with Crippen LogP contribution in [-0.2, 0) is 11.2 Å². The van der Waals surface area contributed by atoms with Crippen molar-refractivity contribution in [1.29, 1.82) is 0 Å². The Morgan fingerprint density at radius 1 is 1.16 bits per heavy atom. The molecule has 2 rings (SSSR count). The van der Waals surface area contributed by atoms with Crippen LogP contribution in [0, 0.1) is 0 Å². The second kappa shape index (κ2) is 7.22. The van der Waals surface area contributed by atoms with E-state index in [2.05, 4.69) is 36.8 Å². The topological polar surface area (TPSA) is 30.0 Å². The Bertz CT molecular complexity index is 589. The molecular formula is C14H11Br2NOS. The fourth-order valence-corrected chi connectivity index (χ4v) is 3.33. The first-order valence-corrected chi connectivity index (χ1v) is 8.20. The Morgan fingerprint density at radius 3 is 2.74 bits per heavy atom. The Kier molecular flexibility index (Phi) is 5.60. The number of hydrogen-bond donors (Lipinski definition) is 0. The van der Waals surface area contributed by atoms with Crippen LogP contribution in [-0.4, -0.2) is 16.5 Å². The van der Waals surface area contributed by atoms with E-state index in [0.29, 0.717) is 12.2 Å². The lowest BCUT2D eigenvalue weighted by molar-refractivity contribution is -0.116. The van der Waals surface area contributed by atoms with Crippen LogP contribution in [0.1, 0.15) is 5.56 Å². The molecule has 0 atom stereocenters. The smallest absolute Gasteiger partial charge is 0.147 e. The van der Waals surface area contributed by atoms with E-state index in [0.717, 1.165) is 19.4 Å². The van der Waals surface area contributed by atoms with Gasteiger partial charge in [0.15, 0.2) is 0 Å². The van der Waals surface area contributed by atoms with Crippen LogP contribution in [0.2, 0.25) is 0 Å². The number of halogens is 2. The maximum absolute atomic E-state index is 11.9. The van der Waals surface area contributed by atoms with Gasteiger partial charge in [0, 0.05) is 32.7 Å². The first-order chi connectivity index (χ1) is 9.13. The summed E-state index contributed by atoms with van der Waals surface area (Å²) in [5.74, 6) is 0.674. The van der Waals surface area contributed by atoms with E-state index < -0.39 is 0 Å². The van der Waals surface area contributed by atoms with Gasteiger partial charge in [0.25, 0.3) is 0 Å². The maximum Gasteiger partial charge on any atom is 0.147 e. The van der Waals surface area contributed by atoms with Crippen molar-refractivity contribution < 1.29 is 4.79 Å². The Hall–Kier alpha value is -0.650. The zero-order valence-electron chi connectivity index (χ0n) is 9.98. The van der Waals surface area contributed by atoms with Gasteiger partial charge in [-0.25, -0.2) is 0 Å². The van der Waals surface area contributed by atoms with Gasteiger partial charge in [-0.05, 0) is 45.8 Å². The van der Waals surface area contributed by atoms with Crippen molar-refractivity contribution in [2.75, 3.05) is 5.75 Å². The molecule has 0 unspecified atom stereocenters. The average Bonchev–Trinajstić information content (AvgIpc) is 2.36. The van der Waals surface area contributed by atoms with Crippen molar-refractivity contribution in [3.8, 4) is 0 Å². The second-order valence-electron chi connectivity index (χ2n) is 3.97. The van der Waals surface area contributed by atoms with Crippen LogP contribution in [0.5, 0.6) is 0 Å². The summed E-state index contributed by atoms with van der Waals surface area (Å²) in [6.45, 7) is 0. The highest BCUT2D eigenvalue weighted by atomic mass is 79.9. The number of pyridine rings is 1. The molecule has 0 amide bonds. The van der Waals surface area contributed by atoms with Gasteiger partial charge in [0.2, 0.25) is 0 Å². The average molecular weight is 401 g/mol. The number of aromatic nitrogens is 1. The van der Waals surface area contributed by atoms with Crippen LogP contribution in [0.3, 0.4) is 0 Å². The monoisotopic (exact) mass is 399 g/mol. The van der Waals surface area contributed by atoms with Gasteiger partial charge in [-0.15, -0.1) is 11.8 Å². The van der Waals surface area contributed by atoms with Gasteiger partial charge in [-0.2, -0.15) is 0 Å². The van der Waals surface area contributed by atoms with E-state index in [9.17, 15) is 4.79 Å².